The molecule has 0 spiro atoms. The molecule has 2 heterocycles. The second-order valence-electron chi connectivity index (χ2n) is 5.83. The number of hydrogen-bond acceptors (Lipinski definition) is 7. The van der Waals surface area contributed by atoms with Crippen molar-refractivity contribution in [3.05, 3.63) is 46.6 Å². The number of hydrogen-bond donors (Lipinski definition) is 3. The second-order valence-corrected chi connectivity index (χ2v) is 6.47. The Kier molecular flexibility index (Phi) is 5.34. The minimum absolute atomic E-state index is 0.263. The maximum absolute atomic E-state index is 12.1. The Morgan fingerprint density at radius 1 is 1.23 bits per heavy atom. The van der Waals surface area contributed by atoms with E-state index in [1.165, 1.54) is 0 Å². The van der Waals surface area contributed by atoms with E-state index in [4.69, 9.17) is 20.3 Å². The van der Waals surface area contributed by atoms with Crippen LogP contribution in [0.3, 0.4) is 0 Å². The van der Waals surface area contributed by atoms with E-state index in [0.29, 0.717) is 24.7 Å². The van der Waals surface area contributed by atoms with Crippen molar-refractivity contribution in [2.45, 2.75) is 13.8 Å². The van der Waals surface area contributed by atoms with Crippen molar-refractivity contribution in [2.24, 2.45) is 10.9 Å². The fraction of sp³-hybridized carbons (Fsp3) is 0.222. The third-order valence-electron chi connectivity index (χ3n) is 3.89. The highest BCUT2D eigenvalue weighted by Crippen LogP contribution is 2.37. The fourth-order valence-corrected chi connectivity index (χ4v) is 2.97. The minimum atomic E-state index is -0.381. The van der Waals surface area contributed by atoms with Gasteiger partial charge in [-0.25, -0.2) is 4.98 Å². The molecule has 0 saturated carbocycles. The molecule has 7 nitrogen and oxygen atoms in total. The number of carbonyl (C=O) groups excluding carboxylic acids is 1. The van der Waals surface area contributed by atoms with Crippen LogP contribution in [0.15, 0.2) is 41.1 Å². The average Bonchev–Trinajstić information content (AvgIpc) is 2.62. The molecule has 0 bridgehead atoms. The van der Waals surface area contributed by atoms with Crippen molar-refractivity contribution >= 4 is 23.7 Å². The molecule has 0 atom stereocenters. The van der Waals surface area contributed by atoms with Gasteiger partial charge in [0.1, 0.15) is 23.9 Å². The van der Waals surface area contributed by atoms with Crippen LogP contribution < -0.4 is 25.7 Å². The summed E-state index contributed by atoms with van der Waals surface area (Å²) in [4.78, 5) is 16.7. The largest absolute Gasteiger partial charge is 0.486 e. The number of anilines is 1. The lowest BCUT2D eigenvalue weighted by molar-refractivity contribution is -0.112. The van der Waals surface area contributed by atoms with Crippen LogP contribution in [0.1, 0.15) is 12.5 Å². The van der Waals surface area contributed by atoms with Crippen LogP contribution in [-0.2, 0) is 4.79 Å². The zero-order valence-electron chi connectivity index (χ0n) is 14.5. The van der Waals surface area contributed by atoms with Gasteiger partial charge in [-0.2, -0.15) is 0 Å². The van der Waals surface area contributed by atoms with Gasteiger partial charge in [-0.3, -0.25) is 9.93 Å². The van der Waals surface area contributed by atoms with E-state index >= 15 is 0 Å². The fourth-order valence-electron chi connectivity index (χ4n) is 2.63. The summed E-state index contributed by atoms with van der Waals surface area (Å²) in [6.45, 7) is 4.72. The molecule has 8 heteroatoms. The highest BCUT2D eigenvalue weighted by molar-refractivity contribution is 8.01. The van der Waals surface area contributed by atoms with Gasteiger partial charge in [0.25, 0.3) is 5.91 Å². The lowest BCUT2D eigenvalue weighted by atomic mass is 10.0. The number of nitrogens with two attached hydrogens (primary N) is 2. The maximum atomic E-state index is 12.1. The van der Waals surface area contributed by atoms with E-state index in [1.807, 2.05) is 25.1 Å². The summed E-state index contributed by atoms with van der Waals surface area (Å²) >= 11 is 0.809. The molecule has 0 aliphatic carbocycles. The molecule has 26 heavy (non-hydrogen) atoms. The number of allylic oxidation sites excluding steroid dienone is 1. The lowest BCUT2D eigenvalue weighted by Crippen LogP contribution is -2.17. The summed E-state index contributed by atoms with van der Waals surface area (Å²) in [5, 5.41) is 8.16. The monoisotopic (exact) mass is 372 g/mol. The molecule has 1 aromatic carbocycles. The molecule has 1 aliphatic rings. The number of pyridine rings is 1. The Labute approximate surface area is 155 Å². The predicted molar refractivity (Wildman–Crippen MR) is 103 cm³/mol. The molecule has 0 fully saturated rings. The van der Waals surface area contributed by atoms with Gasteiger partial charge in [0.15, 0.2) is 11.5 Å². The number of ether oxygens (including phenoxy) is 2. The van der Waals surface area contributed by atoms with Crippen LogP contribution in [0, 0.1) is 6.92 Å². The first kappa shape index (κ1) is 18.1. The number of carbonyl (C=O) groups is 1. The number of nitrogens with zero attached hydrogens (tertiary/aromatic N) is 1. The Morgan fingerprint density at radius 2 is 1.92 bits per heavy atom. The van der Waals surface area contributed by atoms with Crippen molar-refractivity contribution in [3.8, 4) is 22.6 Å². The average molecular weight is 372 g/mol. The SMILES string of the molecule is C/C(N)=C(/SN)C(=O)Nc1ccc(-c2cc3c(cc2C)OCCO3)cn1. The molecular formula is C18H20N4O3S. The summed E-state index contributed by atoms with van der Waals surface area (Å²) in [5.41, 5.74) is 8.97. The van der Waals surface area contributed by atoms with Gasteiger partial charge in [0.2, 0.25) is 0 Å². The van der Waals surface area contributed by atoms with Crippen molar-refractivity contribution in [3.63, 3.8) is 0 Å². The van der Waals surface area contributed by atoms with Crippen LogP contribution in [0.5, 0.6) is 11.5 Å². The number of benzene rings is 1. The van der Waals surface area contributed by atoms with Crippen molar-refractivity contribution in [2.75, 3.05) is 18.5 Å². The molecule has 136 valence electrons. The van der Waals surface area contributed by atoms with Gasteiger partial charge in [-0.15, -0.1) is 0 Å². The van der Waals surface area contributed by atoms with Crippen molar-refractivity contribution < 1.29 is 14.3 Å². The Bertz CT molecular complexity index is 861. The summed E-state index contributed by atoms with van der Waals surface area (Å²) in [6, 6.07) is 7.52. The quantitative estimate of drug-likeness (QED) is 0.558. The maximum Gasteiger partial charge on any atom is 0.266 e. The van der Waals surface area contributed by atoms with E-state index in [1.54, 1.807) is 19.2 Å². The Hall–Kier alpha value is -2.71. The number of aromatic nitrogens is 1. The number of aryl methyl sites for hydroxylation is 1. The molecule has 1 amide bonds. The summed E-state index contributed by atoms with van der Waals surface area (Å²) in [6.07, 6.45) is 1.70. The second kappa shape index (κ2) is 7.67. The zero-order valence-corrected chi connectivity index (χ0v) is 15.4. The highest BCUT2D eigenvalue weighted by atomic mass is 32.2. The van der Waals surface area contributed by atoms with Crippen LogP contribution >= 0.6 is 11.9 Å². The van der Waals surface area contributed by atoms with E-state index in [-0.39, 0.29) is 10.8 Å². The van der Waals surface area contributed by atoms with Gasteiger partial charge in [-0.1, -0.05) is 0 Å². The van der Waals surface area contributed by atoms with Crippen LogP contribution in [-0.4, -0.2) is 24.1 Å². The van der Waals surface area contributed by atoms with Crippen molar-refractivity contribution in [1.29, 1.82) is 0 Å². The lowest BCUT2D eigenvalue weighted by Gasteiger charge is -2.20. The Balaban J connectivity index is 1.82. The summed E-state index contributed by atoms with van der Waals surface area (Å²) in [5.74, 6) is 1.52. The molecule has 5 N–H and O–H groups in total. The molecular weight excluding hydrogens is 352 g/mol. The van der Waals surface area contributed by atoms with Crippen LogP contribution in [0.4, 0.5) is 5.82 Å². The molecule has 2 aromatic rings. The van der Waals surface area contributed by atoms with Gasteiger partial charge in [0, 0.05) is 17.5 Å². The zero-order chi connectivity index (χ0) is 18.7. The van der Waals surface area contributed by atoms with Crippen LogP contribution in [0.2, 0.25) is 0 Å². The molecule has 0 saturated heterocycles. The summed E-state index contributed by atoms with van der Waals surface area (Å²) in [7, 11) is 0. The first-order valence-corrected chi connectivity index (χ1v) is 8.88. The third kappa shape index (κ3) is 3.76. The number of amides is 1. The highest BCUT2D eigenvalue weighted by Gasteiger charge is 2.16. The smallest absolute Gasteiger partial charge is 0.266 e. The topological polar surface area (TPSA) is 112 Å². The van der Waals surface area contributed by atoms with Gasteiger partial charge >= 0.3 is 0 Å². The van der Waals surface area contributed by atoms with Gasteiger partial charge in [-0.05, 0) is 61.2 Å². The normalized spacial score (nSPS) is 13.8. The minimum Gasteiger partial charge on any atom is -0.486 e. The first-order chi connectivity index (χ1) is 12.5. The molecule has 1 aliphatic heterocycles. The molecule has 0 radical (unpaired) electrons. The molecule has 3 rings (SSSR count). The standard InChI is InChI=1S/C18H20N4O3S/c1-10-7-14-15(25-6-5-24-14)8-13(10)12-3-4-16(21-9-12)22-18(23)17(26-20)11(2)19/h3-4,7-9H,5-6,19-20H2,1-2H3,(H,21,22,23)/b17-11-. The van der Waals surface area contributed by atoms with E-state index in [9.17, 15) is 4.79 Å². The predicted octanol–water partition coefficient (Wildman–Crippen LogP) is 2.56. The number of fused-ring (bicyclic) bond motifs is 1. The van der Waals surface area contributed by atoms with Gasteiger partial charge < -0.3 is 20.5 Å². The first-order valence-electron chi connectivity index (χ1n) is 8.00. The van der Waals surface area contributed by atoms with E-state index < -0.39 is 0 Å². The molecule has 1 aromatic heterocycles. The Morgan fingerprint density at radius 3 is 2.50 bits per heavy atom. The number of nitrogens with one attached hydrogen (secondary N) is 1. The summed E-state index contributed by atoms with van der Waals surface area (Å²) < 4.78 is 11.2. The molecule has 0 unspecified atom stereocenters. The van der Waals surface area contributed by atoms with E-state index in [2.05, 4.69) is 10.3 Å². The van der Waals surface area contributed by atoms with Gasteiger partial charge in [0.05, 0.1) is 0 Å². The van der Waals surface area contributed by atoms with Crippen molar-refractivity contribution in [1.82, 2.24) is 4.98 Å². The van der Waals surface area contributed by atoms with Crippen LogP contribution in [0.25, 0.3) is 11.1 Å². The number of rotatable bonds is 4. The van der Waals surface area contributed by atoms with E-state index in [0.717, 1.165) is 40.1 Å². The third-order valence-corrected chi connectivity index (χ3v) is 4.63.